The molecule has 0 saturated carbocycles. The van der Waals surface area contributed by atoms with Crippen molar-refractivity contribution in [3.63, 3.8) is 0 Å². The van der Waals surface area contributed by atoms with Gasteiger partial charge in [-0.2, -0.15) is 5.26 Å². The van der Waals surface area contributed by atoms with Gasteiger partial charge < -0.3 is 9.47 Å². The van der Waals surface area contributed by atoms with Gasteiger partial charge in [0.2, 0.25) is 5.78 Å². The summed E-state index contributed by atoms with van der Waals surface area (Å²) in [7, 11) is 3.07. The molecule has 1 aromatic carbocycles. The van der Waals surface area contributed by atoms with E-state index in [4.69, 9.17) is 9.47 Å². The third kappa shape index (κ3) is 3.38. The van der Waals surface area contributed by atoms with Crippen LogP contribution >= 0.6 is 27.3 Å². The molecule has 2 aromatic rings. The molecule has 0 N–H and O–H groups in total. The fourth-order valence-electron chi connectivity index (χ4n) is 1.83. The van der Waals surface area contributed by atoms with Gasteiger partial charge in [0.1, 0.15) is 11.6 Å². The van der Waals surface area contributed by atoms with E-state index in [0.717, 1.165) is 0 Å². The maximum Gasteiger partial charge on any atom is 0.213 e. The molecule has 0 aliphatic heterocycles. The molecule has 22 heavy (non-hydrogen) atoms. The van der Waals surface area contributed by atoms with E-state index in [-0.39, 0.29) is 11.4 Å². The van der Waals surface area contributed by atoms with Crippen LogP contribution in [-0.4, -0.2) is 20.0 Å². The number of allylic oxidation sites excluding steroid dienone is 1. The van der Waals surface area contributed by atoms with Crippen molar-refractivity contribution in [3.8, 4) is 17.6 Å². The first-order valence-corrected chi connectivity index (χ1v) is 7.89. The Morgan fingerprint density at radius 3 is 2.55 bits per heavy atom. The number of benzene rings is 1. The van der Waals surface area contributed by atoms with E-state index in [1.807, 2.05) is 6.07 Å². The average molecular weight is 378 g/mol. The molecule has 0 aliphatic rings. The van der Waals surface area contributed by atoms with Crippen molar-refractivity contribution in [2.45, 2.75) is 0 Å². The molecule has 0 unspecified atom stereocenters. The number of carbonyl (C=O) groups is 1. The number of methoxy groups -OCH3 is 2. The van der Waals surface area contributed by atoms with Gasteiger partial charge in [0.05, 0.1) is 19.1 Å². The normalized spacial score (nSPS) is 10.9. The Kier molecular flexibility index (Phi) is 5.36. The molecule has 2 rings (SSSR count). The largest absolute Gasteiger partial charge is 0.493 e. The first kappa shape index (κ1) is 16.3. The molecule has 0 radical (unpaired) electrons. The van der Waals surface area contributed by atoms with E-state index < -0.39 is 0 Å². The monoisotopic (exact) mass is 377 g/mol. The summed E-state index contributed by atoms with van der Waals surface area (Å²) in [5, 5.41) is 11.1. The van der Waals surface area contributed by atoms with Crippen LogP contribution in [0.25, 0.3) is 6.08 Å². The number of Topliss-reactive ketones (excluding diaryl/α,β-unsaturated/α-hetero) is 1. The molecule has 0 atom stereocenters. The van der Waals surface area contributed by atoms with Crippen LogP contribution in [0, 0.1) is 11.3 Å². The van der Waals surface area contributed by atoms with Gasteiger partial charge in [0.15, 0.2) is 11.5 Å². The molecule has 6 heteroatoms. The molecule has 1 heterocycles. The van der Waals surface area contributed by atoms with E-state index in [2.05, 4.69) is 15.9 Å². The Morgan fingerprint density at radius 2 is 2.00 bits per heavy atom. The standard InChI is InChI=1S/C16H12BrNO3S/c1-20-13-7-10(12(17)8-14(13)21-2)6-11(9-18)16(19)15-4-3-5-22-15/h3-8H,1-2H3/b11-6+. The van der Waals surface area contributed by atoms with Gasteiger partial charge in [-0.25, -0.2) is 0 Å². The molecular weight excluding hydrogens is 366 g/mol. The lowest BCUT2D eigenvalue weighted by Gasteiger charge is -2.10. The van der Waals surface area contributed by atoms with Crippen LogP contribution in [-0.2, 0) is 0 Å². The van der Waals surface area contributed by atoms with Gasteiger partial charge in [-0.05, 0) is 35.2 Å². The summed E-state index contributed by atoms with van der Waals surface area (Å²) in [6.07, 6.45) is 1.54. The summed E-state index contributed by atoms with van der Waals surface area (Å²) in [4.78, 5) is 12.8. The Balaban J connectivity index is 2.46. The van der Waals surface area contributed by atoms with Crippen LogP contribution < -0.4 is 9.47 Å². The van der Waals surface area contributed by atoms with Crippen molar-refractivity contribution in [1.82, 2.24) is 0 Å². The summed E-state index contributed by atoms with van der Waals surface area (Å²) >= 11 is 4.71. The first-order chi connectivity index (χ1) is 10.6. The lowest BCUT2D eigenvalue weighted by atomic mass is 10.1. The Hall–Kier alpha value is -2.10. The van der Waals surface area contributed by atoms with E-state index in [1.165, 1.54) is 24.5 Å². The zero-order chi connectivity index (χ0) is 16.1. The minimum Gasteiger partial charge on any atom is -0.493 e. The Bertz CT molecular complexity index is 760. The maximum atomic E-state index is 12.3. The van der Waals surface area contributed by atoms with Crippen molar-refractivity contribution in [2.75, 3.05) is 14.2 Å². The number of carbonyl (C=O) groups excluding carboxylic acids is 1. The number of nitrogens with zero attached hydrogens (tertiary/aromatic N) is 1. The molecule has 0 aliphatic carbocycles. The van der Waals surface area contributed by atoms with E-state index >= 15 is 0 Å². The number of rotatable bonds is 5. The SMILES string of the molecule is COc1cc(Br)c(/C=C(\C#N)C(=O)c2cccs2)cc1OC. The highest BCUT2D eigenvalue weighted by Gasteiger charge is 2.15. The topological polar surface area (TPSA) is 59.3 Å². The summed E-state index contributed by atoms with van der Waals surface area (Å²) in [5.74, 6) is 0.798. The molecule has 0 spiro atoms. The number of hydrogen-bond acceptors (Lipinski definition) is 5. The second-order valence-electron chi connectivity index (χ2n) is 4.20. The molecular formula is C16H12BrNO3S. The zero-order valence-electron chi connectivity index (χ0n) is 11.9. The number of thiophene rings is 1. The zero-order valence-corrected chi connectivity index (χ0v) is 14.3. The minimum atomic E-state index is -0.292. The van der Waals surface area contributed by atoms with Crippen molar-refractivity contribution in [3.05, 3.63) is 50.1 Å². The lowest BCUT2D eigenvalue weighted by Crippen LogP contribution is -1.99. The van der Waals surface area contributed by atoms with E-state index in [9.17, 15) is 10.1 Å². The van der Waals surface area contributed by atoms with Gasteiger partial charge >= 0.3 is 0 Å². The smallest absolute Gasteiger partial charge is 0.213 e. The predicted molar refractivity (Wildman–Crippen MR) is 89.5 cm³/mol. The number of nitriles is 1. The molecule has 112 valence electrons. The first-order valence-electron chi connectivity index (χ1n) is 6.22. The van der Waals surface area contributed by atoms with Gasteiger partial charge in [-0.15, -0.1) is 11.3 Å². The Labute approximate surface area is 140 Å². The van der Waals surface area contributed by atoms with Crippen molar-refractivity contribution >= 4 is 39.1 Å². The van der Waals surface area contributed by atoms with E-state index in [0.29, 0.717) is 26.4 Å². The van der Waals surface area contributed by atoms with Gasteiger partial charge in [0.25, 0.3) is 0 Å². The Morgan fingerprint density at radius 1 is 1.32 bits per heavy atom. The van der Waals surface area contributed by atoms with Crippen molar-refractivity contribution in [2.24, 2.45) is 0 Å². The molecule has 4 nitrogen and oxygen atoms in total. The van der Waals surface area contributed by atoms with Crippen LogP contribution in [0.1, 0.15) is 15.2 Å². The van der Waals surface area contributed by atoms with Crippen LogP contribution in [0.2, 0.25) is 0 Å². The second-order valence-corrected chi connectivity index (χ2v) is 6.01. The molecule has 0 amide bonds. The highest BCUT2D eigenvalue weighted by atomic mass is 79.9. The number of halogens is 1. The lowest BCUT2D eigenvalue weighted by molar-refractivity contribution is 0.104. The van der Waals surface area contributed by atoms with E-state index in [1.54, 1.807) is 36.8 Å². The van der Waals surface area contributed by atoms with Crippen LogP contribution in [0.15, 0.2) is 39.7 Å². The summed E-state index contributed by atoms with van der Waals surface area (Å²) < 4.78 is 11.1. The molecule has 0 bridgehead atoms. The third-order valence-corrected chi connectivity index (χ3v) is 4.47. The summed E-state index contributed by atoms with van der Waals surface area (Å²) in [6, 6.07) is 8.87. The highest BCUT2D eigenvalue weighted by Crippen LogP contribution is 2.34. The predicted octanol–water partition coefficient (Wildman–Crippen LogP) is 4.32. The fourth-order valence-corrected chi connectivity index (χ4v) is 2.94. The average Bonchev–Trinajstić information content (AvgIpc) is 3.07. The number of ketones is 1. The third-order valence-electron chi connectivity index (χ3n) is 2.91. The second kappa shape index (κ2) is 7.25. The van der Waals surface area contributed by atoms with Crippen LogP contribution in [0.4, 0.5) is 0 Å². The van der Waals surface area contributed by atoms with Crippen molar-refractivity contribution < 1.29 is 14.3 Å². The number of ether oxygens (including phenoxy) is 2. The quantitative estimate of drug-likeness (QED) is 0.442. The van der Waals surface area contributed by atoms with Crippen molar-refractivity contribution in [1.29, 1.82) is 5.26 Å². The minimum absolute atomic E-state index is 0.0652. The highest BCUT2D eigenvalue weighted by molar-refractivity contribution is 9.10. The molecule has 0 fully saturated rings. The van der Waals surface area contributed by atoms with Crippen LogP contribution in [0.5, 0.6) is 11.5 Å². The van der Waals surface area contributed by atoms with Gasteiger partial charge in [-0.3, -0.25) is 4.79 Å². The molecule has 0 saturated heterocycles. The number of hydrogen-bond donors (Lipinski definition) is 0. The van der Waals surface area contributed by atoms with Gasteiger partial charge in [-0.1, -0.05) is 22.0 Å². The van der Waals surface area contributed by atoms with Gasteiger partial charge in [0, 0.05) is 4.47 Å². The summed E-state index contributed by atoms with van der Waals surface area (Å²) in [5.41, 5.74) is 0.731. The fraction of sp³-hybridized carbons (Fsp3) is 0.125. The maximum absolute atomic E-state index is 12.3. The summed E-state index contributed by atoms with van der Waals surface area (Å²) in [6.45, 7) is 0. The molecule has 1 aromatic heterocycles. The van der Waals surface area contributed by atoms with Crippen LogP contribution in [0.3, 0.4) is 0 Å².